The van der Waals surface area contributed by atoms with E-state index in [2.05, 4.69) is 15.9 Å². The Labute approximate surface area is 139 Å². The van der Waals surface area contributed by atoms with Gasteiger partial charge in [0.1, 0.15) is 18.0 Å². The standard InChI is InChI=1S/C18H19BrO3/c1-18(2,3)22-17(20)15-11-14(9-10-16(15)19)21-12-13-7-5-4-6-8-13/h4-11H,12H2,1-3H3. The van der Waals surface area contributed by atoms with Crippen molar-refractivity contribution in [2.24, 2.45) is 0 Å². The number of ether oxygens (including phenoxy) is 2. The molecule has 3 nitrogen and oxygen atoms in total. The summed E-state index contributed by atoms with van der Waals surface area (Å²) in [7, 11) is 0. The van der Waals surface area contributed by atoms with Crippen molar-refractivity contribution in [3.63, 3.8) is 0 Å². The molecule has 0 bridgehead atoms. The molecule has 0 saturated carbocycles. The zero-order valence-corrected chi connectivity index (χ0v) is 14.5. The summed E-state index contributed by atoms with van der Waals surface area (Å²) in [4.78, 5) is 12.2. The summed E-state index contributed by atoms with van der Waals surface area (Å²) in [5.41, 5.74) is 1.00. The number of carbonyl (C=O) groups is 1. The Morgan fingerprint density at radius 2 is 1.77 bits per heavy atom. The van der Waals surface area contributed by atoms with E-state index in [1.807, 2.05) is 57.2 Å². The van der Waals surface area contributed by atoms with E-state index in [-0.39, 0.29) is 5.97 Å². The van der Waals surface area contributed by atoms with Crippen molar-refractivity contribution in [2.75, 3.05) is 0 Å². The average molecular weight is 363 g/mol. The molecule has 116 valence electrons. The summed E-state index contributed by atoms with van der Waals surface area (Å²) < 4.78 is 11.8. The Hall–Kier alpha value is -1.81. The van der Waals surface area contributed by atoms with Crippen LogP contribution in [0.25, 0.3) is 0 Å². The van der Waals surface area contributed by atoms with Gasteiger partial charge >= 0.3 is 5.97 Å². The van der Waals surface area contributed by atoms with Gasteiger partial charge in [-0.2, -0.15) is 0 Å². The highest BCUT2D eigenvalue weighted by Gasteiger charge is 2.20. The summed E-state index contributed by atoms with van der Waals surface area (Å²) in [5, 5.41) is 0. The van der Waals surface area contributed by atoms with Crippen molar-refractivity contribution in [3.8, 4) is 5.75 Å². The van der Waals surface area contributed by atoms with Gasteiger partial charge in [-0.1, -0.05) is 30.3 Å². The molecule has 0 spiro atoms. The predicted molar refractivity (Wildman–Crippen MR) is 90.1 cm³/mol. The summed E-state index contributed by atoms with van der Waals surface area (Å²) in [6, 6.07) is 15.2. The number of benzene rings is 2. The topological polar surface area (TPSA) is 35.5 Å². The molecule has 0 atom stereocenters. The lowest BCUT2D eigenvalue weighted by atomic mass is 10.1. The molecule has 0 heterocycles. The van der Waals surface area contributed by atoms with Gasteiger partial charge in [0.05, 0.1) is 5.56 Å². The van der Waals surface area contributed by atoms with E-state index in [1.54, 1.807) is 12.1 Å². The number of hydrogen-bond acceptors (Lipinski definition) is 3. The smallest absolute Gasteiger partial charge is 0.339 e. The number of esters is 1. The fourth-order valence-electron chi connectivity index (χ4n) is 1.82. The van der Waals surface area contributed by atoms with Gasteiger partial charge in [-0.25, -0.2) is 4.79 Å². The number of carbonyl (C=O) groups excluding carboxylic acids is 1. The predicted octanol–water partition coefficient (Wildman–Crippen LogP) is 4.98. The van der Waals surface area contributed by atoms with Crippen LogP contribution in [0.5, 0.6) is 5.75 Å². The van der Waals surface area contributed by atoms with E-state index in [4.69, 9.17) is 9.47 Å². The first-order chi connectivity index (χ1) is 10.3. The Morgan fingerprint density at radius 1 is 1.09 bits per heavy atom. The van der Waals surface area contributed by atoms with Crippen LogP contribution in [0.15, 0.2) is 53.0 Å². The molecular formula is C18H19BrO3. The Bertz CT molecular complexity index is 645. The lowest BCUT2D eigenvalue weighted by Gasteiger charge is -2.20. The fourth-order valence-corrected chi connectivity index (χ4v) is 2.23. The minimum absolute atomic E-state index is 0.371. The van der Waals surface area contributed by atoms with Gasteiger partial charge < -0.3 is 9.47 Å². The third kappa shape index (κ3) is 4.88. The van der Waals surface area contributed by atoms with Crippen LogP contribution < -0.4 is 4.74 Å². The molecule has 0 aliphatic carbocycles. The SMILES string of the molecule is CC(C)(C)OC(=O)c1cc(OCc2ccccc2)ccc1Br. The molecule has 4 heteroatoms. The molecule has 2 rings (SSSR count). The van der Waals surface area contributed by atoms with Crippen molar-refractivity contribution in [3.05, 3.63) is 64.1 Å². The number of rotatable bonds is 4. The van der Waals surface area contributed by atoms with Crippen LogP contribution in [0.3, 0.4) is 0 Å². The van der Waals surface area contributed by atoms with Crippen molar-refractivity contribution < 1.29 is 14.3 Å². The van der Waals surface area contributed by atoms with Gasteiger partial charge in [-0.15, -0.1) is 0 Å². The Balaban J connectivity index is 2.11. The highest BCUT2D eigenvalue weighted by atomic mass is 79.9. The Morgan fingerprint density at radius 3 is 2.41 bits per heavy atom. The average Bonchev–Trinajstić information content (AvgIpc) is 2.45. The minimum atomic E-state index is -0.530. The highest BCUT2D eigenvalue weighted by molar-refractivity contribution is 9.10. The van der Waals surface area contributed by atoms with Crippen LogP contribution in [0.1, 0.15) is 36.7 Å². The number of hydrogen-bond donors (Lipinski definition) is 0. The van der Waals surface area contributed by atoms with Crippen LogP contribution >= 0.6 is 15.9 Å². The lowest BCUT2D eigenvalue weighted by Crippen LogP contribution is -2.24. The van der Waals surface area contributed by atoms with E-state index in [9.17, 15) is 4.79 Å². The fraction of sp³-hybridized carbons (Fsp3) is 0.278. The lowest BCUT2D eigenvalue weighted by molar-refractivity contribution is 0.00680. The van der Waals surface area contributed by atoms with Gasteiger partial charge in [-0.3, -0.25) is 0 Å². The van der Waals surface area contributed by atoms with E-state index in [0.717, 1.165) is 5.56 Å². The van der Waals surface area contributed by atoms with Gasteiger partial charge in [0.15, 0.2) is 0 Å². The monoisotopic (exact) mass is 362 g/mol. The van der Waals surface area contributed by atoms with Crippen LogP contribution in [0.4, 0.5) is 0 Å². The number of halogens is 1. The molecule has 0 N–H and O–H groups in total. The normalized spacial score (nSPS) is 11.1. The van der Waals surface area contributed by atoms with Gasteiger partial charge in [0, 0.05) is 4.47 Å². The van der Waals surface area contributed by atoms with E-state index < -0.39 is 5.60 Å². The first kappa shape index (κ1) is 16.6. The maximum absolute atomic E-state index is 12.2. The summed E-state index contributed by atoms with van der Waals surface area (Å²) >= 11 is 3.38. The minimum Gasteiger partial charge on any atom is -0.489 e. The quantitative estimate of drug-likeness (QED) is 0.719. The molecule has 0 saturated heterocycles. The zero-order valence-electron chi connectivity index (χ0n) is 12.9. The second kappa shape index (κ2) is 6.97. The third-order valence-electron chi connectivity index (χ3n) is 2.80. The van der Waals surface area contributed by atoms with E-state index >= 15 is 0 Å². The second-order valence-electron chi connectivity index (χ2n) is 5.92. The molecule has 0 aliphatic rings. The first-order valence-electron chi connectivity index (χ1n) is 7.05. The summed E-state index contributed by atoms with van der Waals surface area (Å²) in [5.74, 6) is 0.262. The second-order valence-corrected chi connectivity index (χ2v) is 6.77. The molecule has 2 aromatic rings. The molecule has 2 aromatic carbocycles. The molecule has 0 aliphatic heterocycles. The molecule has 0 amide bonds. The van der Waals surface area contributed by atoms with E-state index in [1.165, 1.54) is 0 Å². The summed E-state index contributed by atoms with van der Waals surface area (Å²) in [6.45, 7) is 5.98. The van der Waals surface area contributed by atoms with Crippen LogP contribution in [0.2, 0.25) is 0 Å². The largest absolute Gasteiger partial charge is 0.489 e. The van der Waals surface area contributed by atoms with Gasteiger partial charge in [0.25, 0.3) is 0 Å². The molecule has 0 aromatic heterocycles. The third-order valence-corrected chi connectivity index (χ3v) is 3.50. The molecular weight excluding hydrogens is 344 g/mol. The maximum atomic E-state index is 12.2. The van der Waals surface area contributed by atoms with Gasteiger partial charge in [-0.05, 0) is 60.5 Å². The van der Waals surface area contributed by atoms with Crippen molar-refractivity contribution in [1.29, 1.82) is 0 Å². The van der Waals surface area contributed by atoms with Crippen molar-refractivity contribution >= 4 is 21.9 Å². The van der Waals surface area contributed by atoms with E-state index in [0.29, 0.717) is 22.4 Å². The van der Waals surface area contributed by atoms with Crippen LogP contribution in [0, 0.1) is 0 Å². The van der Waals surface area contributed by atoms with Crippen molar-refractivity contribution in [1.82, 2.24) is 0 Å². The Kier molecular flexibility index (Phi) is 5.24. The zero-order chi connectivity index (χ0) is 16.2. The highest BCUT2D eigenvalue weighted by Crippen LogP contribution is 2.25. The maximum Gasteiger partial charge on any atom is 0.339 e. The van der Waals surface area contributed by atoms with Gasteiger partial charge in [0.2, 0.25) is 0 Å². The first-order valence-corrected chi connectivity index (χ1v) is 7.84. The molecule has 0 unspecified atom stereocenters. The molecule has 0 fully saturated rings. The van der Waals surface area contributed by atoms with Crippen molar-refractivity contribution in [2.45, 2.75) is 33.0 Å². The molecule has 22 heavy (non-hydrogen) atoms. The summed E-state index contributed by atoms with van der Waals surface area (Å²) in [6.07, 6.45) is 0. The molecule has 0 radical (unpaired) electrons. The van der Waals surface area contributed by atoms with Crippen LogP contribution in [-0.2, 0) is 11.3 Å². The van der Waals surface area contributed by atoms with Crippen LogP contribution in [-0.4, -0.2) is 11.6 Å².